The van der Waals surface area contributed by atoms with E-state index in [9.17, 15) is 16.8 Å². The van der Waals surface area contributed by atoms with Crippen molar-refractivity contribution in [2.75, 3.05) is 30.9 Å². The molecule has 0 amide bonds. The molecule has 21 heavy (non-hydrogen) atoms. The van der Waals surface area contributed by atoms with Crippen molar-refractivity contribution in [2.45, 2.75) is 17.9 Å². The standard InChI is InChI=1S/C12H18N2O5S2/c1-9-8-20(15,16)6-5-14(9)21(17,18)12-4-3-10(19-2)7-11(12)13/h3-4,7,9H,5-6,8,13H2,1-2H3. The second-order valence-electron chi connectivity index (χ2n) is 4.98. The van der Waals surface area contributed by atoms with Crippen LogP contribution in [-0.2, 0) is 19.9 Å². The maximum absolute atomic E-state index is 12.6. The summed E-state index contributed by atoms with van der Waals surface area (Å²) in [5.41, 5.74) is 5.86. The van der Waals surface area contributed by atoms with E-state index < -0.39 is 25.9 Å². The fraction of sp³-hybridized carbons (Fsp3) is 0.500. The molecule has 0 spiro atoms. The average Bonchev–Trinajstić information content (AvgIpc) is 2.36. The molecule has 9 heteroatoms. The zero-order valence-corrected chi connectivity index (χ0v) is 13.4. The highest BCUT2D eigenvalue weighted by Crippen LogP contribution is 2.29. The van der Waals surface area contributed by atoms with Crippen LogP contribution in [0.5, 0.6) is 5.75 Å². The largest absolute Gasteiger partial charge is 0.497 e. The molecule has 1 saturated heterocycles. The Balaban J connectivity index is 2.39. The molecule has 0 bridgehead atoms. The normalized spacial score (nSPS) is 22.9. The van der Waals surface area contributed by atoms with E-state index >= 15 is 0 Å². The summed E-state index contributed by atoms with van der Waals surface area (Å²) in [5.74, 6) is 0.107. The van der Waals surface area contributed by atoms with Gasteiger partial charge < -0.3 is 10.5 Å². The van der Waals surface area contributed by atoms with Gasteiger partial charge in [-0.1, -0.05) is 0 Å². The van der Waals surface area contributed by atoms with E-state index in [4.69, 9.17) is 10.5 Å². The molecule has 1 atom stereocenters. The molecule has 2 rings (SSSR count). The van der Waals surface area contributed by atoms with Gasteiger partial charge in [0.1, 0.15) is 10.6 Å². The molecule has 0 aliphatic carbocycles. The van der Waals surface area contributed by atoms with Gasteiger partial charge in [0.2, 0.25) is 10.0 Å². The molecule has 7 nitrogen and oxygen atoms in total. The smallest absolute Gasteiger partial charge is 0.245 e. The van der Waals surface area contributed by atoms with E-state index in [1.165, 1.54) is 29.6 Å². The third-order valence-corrected chi connectivity index (χ3v) is 7.30. The number of nitrogens with two attached hydrogens (primary N) is 1. The predicted octanol–water partition coefficient (Wildman–Crippen LogP) is 0.0850. The zero-order chi connectivity index (χ0) is 15.8. The number of hydrogen-bond donors (Lipinski definition) is 1. The summed E-state index contributed by atoms with van der Waals surface area (Å²) in [7, 11) is -5.56. The number of methoxy groups -OCH3 is 1. The number of sulfone groups is 1. The van der Waals surface area contributed by atoms with Gasteiger partial charge in [-0.3, -0.25) is 0 Å². The number of nitrogens with zero attached hydrogens (tertiary/aromatic N) is 1. The monoisotopic (exact) mass is 334 g/mol. The molecule has 1 aromatic rings. The Hall–Kier alpha value is -1.32. The Labute approximate surface area is 124 Å². The zero-order valence-electron chi connectivity index (χ0n) is 11.8. The number of benzene rings is 1. The van der Waals surface area contributed by atoms with Gasteiger partial charge >= 0.3 is 0 Å². The summed E-state index contributed by atoms with van der Waals surface area (Å²) in [6, 6.07) is 3.70. The van der Waals surface area contributed by atoms with Crippen LogP contribution in [0.25, 0.3) is 0 Å². The summed E-state index contributed by atoms with van der Waals surface area (Å²) >= 11 is 0. The first kappa shape index (κ1) is 16.1. The minimum atomic E-state index is -3.83. The molecule has 1 heterocycles. The first-order chi connectivity index (χ1) is 9.67. The summed E-state index contributed by atoms with van der Waals surface area (Å²) in [5, 5.41) is 0. The molecular formula is C12H18N2O5S2. The summed E-state index contributed by atoms with van der Waals surface area (Å²) in [6.45, 7) is 1.52. The molecule has 1 unspecified atom stereocenters. The molecule has 0 aromatic heterocycles. The van der Waals surface area contributed by atoms with E-state index in [0.29, 0.717) is 5.75 Å². The number of ether oxygens (including phenoxy) is 1. The van der Waals surface area contributed by atoms with Crippen LogP contribution in [0, 0.1) is 0 Å². The van der Waals surface area contributed by atoms with Gasteiger partial charge in [0.05, 0.1) is 24.3 Å². The molecular weight excluding hydrogens is 316 g/mol. The Morgan fingerprint density at radius 3 is 2.57 bits per heavy atom. The van der Waals surface area contributed by atoms with E-state index in [0.717, 1.165) is 0 Å². The van der Waals surface area contributed by atoms with Crippen molar-refractivity contribution in [2.24, 2.45) is 0 Å². The number of anilines is 1. The lowest BCUT2D eigenvalue weighted by Crippen LogP contribution is -2.49. The Morgan fingerprint density at radius 1 is 1.38 bits per heavy atom. The first-order valence-corrected chi connectivity index (χ1v) is 9.59. The van der Waals surface area contributed by atoms with E-state index in [-0.39, 0.29) is 28.6 Å². The summed E-state index contributed by atoms with van der Waals surface area (Å²) in [4.78, 5) is -0.0329. The molecule has 1 aliphatic rings. The highest BCUT2D eigenvalue weighted by molar-refractivity contribution is 7.92. The van der Waals surface area contributed by atoms with Crippen LogP contribution in [0.3, 0.4) is 0 Å². The molecule has 1 aliphatic heterocycles. The van der Waals surface area contributed by atoms with Crippen LogP contribution in [0.4, 0.5) is 5.69 Å². The van der Waals surface area contributed by atoms with Gasteiger partial charge in [0.25, 0.3) is 0 Å². The minimum absolute atomic E-state index is 0.0329. The van der Waals surface area contributed by atoms with Gasteiger partial charge in [-0.2, -0.15) is 4.31 Å². The SMILES string of the molecule is COc1ccc(S(=O)(=O)N2CCS(=O)(=O)CC2C)c(N)c1. The first-order valence-electron chi connectivity index (χ1n) is 6.33. The Morgan fingerprint density at radius 2 is 2.05 bits per heavy atom. The third kappa shape index (κ3) is 3.14. The molecule has 0 radical (unpaired) electrons. The lowest BCUT2D eigenvalue weighted by atomic mass is 10.3. The number of nitrogen functional groups attached to an aromatic ring is 1. The van der Waals surface area contributed by atoms with Crippen molar-refractivity contribution in [3.63, 3.8) is 0 Å². The Kier molecular flexibility index (Phi) is 4.18. The second-order valence-corrected chi connectivity index (χ2v) is 9.07. The van der Waals surface area contributed by atoms with E-state index in [1.807, 2.05) is 0 Å². The molecule has 118 valence electrons. The lowest BCUT2D eigenvalue weighted by molar-refractivity contribution is 0.357. The van der Waals surface area contributed by atoms with E-state index in [2.05, 4.69) is 0 Å². The van der Waals surface area contributed by atoms with Crippen LogP contribution >= 0.6 is 0 Å². The topological polar surface area (TPSA) is 107 Å². The summed E-state index contributed by atoms with van der Waals surface area (Å²) < 4.78 is 54.6. The lowest BCUT2D eigenvalue weighted by Gasteiger charge is -2.32. The van der Waals surface area contributed by atoms with Crippen molar-refractivity contribution in [1.82, 2.24) is 4.31 Å². The second kappa shape index (κ2) is 5.47. The van der Waals surface area contributed by atoms with Crippen molar-refractivity contribution in [3.05, 3.63) is 18.2 Å². The van der Waals surface area contributed by atoms with Crippen LogP contribution < -0.4 is 10.5 Å². The maximum Gasteiger partial charge on any atom is 0.245 e. The minimum Gasteiger partial charge on any atom is -0.497 e. The van der Waals surface area contributed by atoms with Gasteiger partial charge in [0, 0.05) is 18.7 Å². The van der Waals surface area contributed by atoms with Crippen LogP contribution in [-0.4, -0.2) is 52.3 Å². The number of sulfonamides is 1. The van der Waals surface area contributed by atoms with Gasteiger partial charge in [-0.25, -0.2) is 16.8 Å². The maximum atomic E-state index is 12.6. The Bertz CT molecular complexity index is 743. The van der Waals surface area contributed by atoms with Crippen molar-refractivity contribution < 1.29 is 21.6 Å². The molecule has 1 fully saturated rings. The van der Waals surface area contributed by atoms with Gasteiger partial charge in [0.15, 0.2) is 9.84 Å². The highest BCUT2D eigenvalue weighted by atomic mass is 32.2. The fourth-order valence-electron chi connectivity index (χ4n) is 2.36. The van der Waals surface area contributed by atoms with Crippen LogP contribution in [0.2, 0.25) is 0 Å². The molecule has 0 saturated carbocycles. The molecule has 1 aromatic carbocycles. The van der Waals surface area contributed by atoms with Crippen LogP contribution in [0.1, 0.15) is 6.92 Å². The number of hydrogen-bond acceptors (Lipinski definition) is 6. The third-order valence-electron chi connectivity index (χ3n) is 3.41. The average molecular weight is 334 g/mol. The molecule has 2 N–H and O–H groups in total. The highest BCUT2D eigenvalue weighted by Gasteiger charge is 2.37. The van der Waals surface area contributed by atoms with E-state index in [1.54, 1.807) is 6.92 Å². The van der Waals surface area contributed by atoms with Crippen molar-refractivity contribution in [3.8, 4) is 5.75 Å². The van der Waals surface area contributed by atoms with Gasteiger partial charge in [-0.05, 0) is 19.1 Å². The quantitative estimate of drug-likeness (QED) is 0.785. The fourth-order valence-corrected chi connectivity index (χ4v) is 5.85. The summed E-state index contributed by atoms with van der Waals surface area (Å²) in [6.07, 6.45) is 0. The van der Waals surface area contributed by atoms with Crippen molar-refractivity contribution >= 4 is 25.5 Å². The van der Waals surface area contributed by atoms with Gasteiger partial charge in [-0.15, -0.1) is 0 Å². The number of rotatable bonds is 3. The predicted molar refractivity (Wildman–Crippen MR) is 79.4 cm³/mol. The van der Waals surface area contributed by atoms with Crippen molar-refractivity contribution in [1.29, 1.82) is 0 Å². The van der Waals surface area contributed by atoms with Crippen LogP contribution in [0.15, 0.2) is 23.1 Å².